The summed E-state index contributed by atoms with van der Waals surface area (Å²) in [5.41, 5.74) is 2.71. The summed E-state index contributed by atoms with van der Waals surface area (Å²) in [7, 11) is 1.66. The fourth-order valence-corrected chi connectivity index (χ4v) is 3.59. The number of nitrogens with zero attached hydrogens (tertiary/aromatic N) is 1. The van der Waals surface area contributed by atoms with Gasteiger partial charge in [0.2, 0.25) is 0 Å². The molecule has 0 saturated heterocycles. The quantitative estimate of drug-likeness (QED) is 0.877. The minimum absolute atomic E-state index is 0.0470. The first kappa shape index (κ1) is 16.3. The van der Waals surface area contributed by atoms with Gasteiger partial charge in [0, 0.05) is 7.05 Å². The number of fused-ring (bicyclic) bond motifs is 1. The van der Waals surface area contributed by atoms with E-state index < -0.39 is 12.2 Å². The van der Waals surface area contributed by atoms with E-state index in [0.29, 0.717) is 12.8 Å². The second-order valence-corrected chi connectivity index (χ2v) is 6.63. The van der Waals surface area contributed by atoms with Gasteiger partial charge in [0.1, 0.15) is 11.9 Å². The number of amides is 1. The lowest BCUT2D eigenvalue weighted by Crippen LogP contribution is -2.45. The third kappa shape index (κ3) is 3.51. The molecule has 1 aromatic rings. The molecule has 0 unspecified atom stereocenters. The van der Waals surface area contributed by atoms with Gasteiger partial charge in [-0.2, -0.15) is 0 Å². The van der Waals surface area contributed by atoms with E-state index in [1.807, 2.05) is 12.1 Å². The van der Waals surface area contributed by atoms with Gasteiger partial charge in [0.25, 0.3) is 5.91 Å². The highest BCUT2D eigenvalue weighted by atomic mass is 16.5. The molecule has 0 spiro atoms. The van der Waals surface area contributed by atoms with Crippen molar-refractivity contribution in [1.82, 2.24) is 4.90 Å². The number of carbonyl (C=O) groups excluding carboxylic acids is 1. The molecule has 3 rings (SSSR count). The van der Waals surface area contributed by atoms with Crippen LogP contribution in [0.2, 0.25) is 0 Å². The van der Waals surface area contributed by atoms with Crippen molar-refractivity contribution in [2.75, 3.05) is 13.7 Å². The van der Waals surface area contributed by atoms with Crippen molar-refractivity contribution in [3.8, 4) is 5.75 Å². The molecule has 1 amide bonds. The van der Waals surface area contributed by atoms with E-state index in [0.717, 1.165) is 18.6 Å². The highest BCUT2D eigenvalue weighted by Gasteiger charge is 2.37. The normalized spacial score (nSPS) is 26.7. The number of ether oxygens (including phenoxy) is 1. The zero-order chi connectivity index (χ0) is 16.4. The number of hydrogen-bond acceptors (Lipinski definition) is 4. The molecule has 5 nitrogen and oxygen atoms in total. The zero-order valence-corrected chi connectivity index (χ0v) is 13.6. The number of rotatable bonds is 4. The van der Waals surface area contributed by atoms with Crippen LogP contribution < -0.4 is 4.74 Å². The van der Waals surface area contributed by atoms with Crippen LogP contribution in [0.4, 0.5) is 0 Å². The molecule has 1 aromatic carbocycles. The predicted octanol–water partition coefficient (Wildman–Crippen LogP) is 1.29. The Morgan fingerprint density at radius 1 is 1.22 bits per heavy atom. The van der Waals surface area contributed by atoms with Gasteiger partial charge in [-0.1, -0.05) is 6.07 Å². The van der Waals surface area contributed by atoms with E-state index >= 15 is 0 Å². The van der Waals surface area contributed by atoms with Crippen molar-refractivity contribution in [3.63, 3.8) is 0 Å². The van der Waals surface area contributed by atoms with E-state index in [2.05, 4.69) is 6.07 Å². The largest absolute Gasteiger partial charge is 0.484 e. The number of benzene rings is 1. The number of aliphatic hydroxyl groups excluding tert-OH is 2. The van der Waals surface area contributed by atoms with Crippen molar-refractivity contribution in [3.05, 3.63) is 29.3 Å². The van der Waals surface area contributed by atoms with Crippen LogP contribution >= 0.6 is 0 Å². The molecule has 0 aliphatic heterocycles. The Bertz CT molecular complexity index is 574. The maximum absolute atomic E-state index is 12.3. The summed E-state index contributed by atoms with van der Waals surface area (Å²) in [5, 5.41) is 19.5. The van der Waals surface area contributed by atoms with Crippen molar-refractivity contribution in [2.24, 2.45) is 0 Å². The smallest absolute Gasteiger partial charge is 0.260 e. The molecule has 0 heterocycles. The third-order valence-corrected chi connectivity index (χ3v) is 5.12. The summed E-state index contributed by atoms with van der Waals surface area (Å²) in [6.45, 7) is -0.0470. The molecule has 5 heteroatoms. The van der Waals surface area contributed by atoms with Crippen LogP contribution in [-0.4, -0.2) is 52.9 Å². The summed E-state index contributed by atoms with van der Waals surface area (Å²) < 4.78 is 5.64. The topological polar surface area (TPSA) is 70.0 Å². The standard InChI is InChI=1S/C18H25NO4/c1-19(15-8-9-16(20)18(15)22)17(21)11-23-14-7-6-12-4-2-3-5-13(12)10-14/h6-7,10,15-16,18,20,22H,2-5,8-9,11H2,1H3/t15-,16-,18-/m1/s1. The van der Waals surface area contributed by atoms with Crippen LogP contribution in [0.5, 0.6) is 5.75 Å². The third-order valence-electron chi connectivity index (χ3n) is 5.12. The number of likely N-dealkylation sites (N-methyl/N-ethyl adjacent to an activating group) is 1. The Morgan fingerprint density at radius 2 is 1.96 bits per heavy atom. The summed E-state index contributed by atoms with van der Waals surface area (Å²) in [4.78, 5) is 13.8. The van der Waals surface area contributed by atoms with Crippen LogP contribution in [0.3, 0.4) is 0 Å². The predicted molar refractivity (Wildman–Crippen MR) is 86.4 cm³/mol. The molecule has 126 valence electrons. The van der Waals surface area contributed by atoms with Gasteiger partial charge in [-0.05, 0) is 61.8 Å². The Hall–Kier alpha value is -1.59. The first-order chi connectivity index (χ1) is 11.1. The Labute approximate surface area is 136 Å². The number of hydrogen-bond donors (Lipinski definition) is 2. The molecule has 0 aromatic heterocycles. The zero-order valence-electron chi connectivity index (χ0n) is 13.6. The lowest BCUT2D eigenvalue weighted by molar-refractivity contribution is -0.136. The average molecular weight is 319 g/mol. The van der Waals surface area contributed by atoms with E-state index in [4.69, 9.17) is 4.74 Å². The highest BCUT2D eigenvalue weighted by molar-refractivity contribution is 5.78. The molecule has 0 bridgehead atoms. The van der Waals surface area contributed by atoms with E-state index in [1.165, 1.54) is 28.9 Å². The molecule has 0 radical (unpaired) electrons. The minimum Gasteiger partial charge on any atom is -0.484 e. The lowest BCUT2D eigenvalue weighted by Gasteiger charge is -2.27. The molecule has 2 N–H and O–H groups in total. The first-order valence-corrected chi connectivity index (χ1v) is 8.42. The Balaban J connectivity index is 1.56. The molecule has 1 saturated carbocycles. The maximum Gasteiger partial charge on any atom is 0.260 e. The van der Waals surface area contributed by atoms with Crippen molar-refractivity contribution < 1.29 is 19.7 Å². The van der Waals surface area contributed by atoms with Crippen molar-refractivity contribution in [2.45, 2.75) is 56.8 Å². The molecular weight excluding hydrogens is 294 g/mol. The summed E-state index contributed by atoms with van der Waals surface area (Å²) in [5.74, 6) is 0.542. The minimum atomic E-state index is -0.868. The lowest BCUT2D eigenvalue weighted by atomic mass is 9.92. The Kier molecular flexibility index (Phi) is 4.87. The number of carbonyl (C=O) groups is 1. The number of aliphatic hydroxyl groups is 2. The summed E-state index contributed by atoms with van der Waals surface area (Å²) >= 11 is 0. The molecule has 23 heavy (non-hydrogen) atoms. The average Bonchev–Trinajstić information content (AvgIpc) is 2.91. The van der Waals surface area contributed by atoms with Crippen molar-refractivity contribution >= 4 is 5.91 Å². The van der Waals surface area contributed by atoms with Gasteiger partial charge in [-0.3, -0.25) is 4.79 Å². The fourth-order valence-electron chi connectivity index (χ4n) is 3.59. The monoisotopic (exact) mass is 319 g/mol. The highest BCUT2D eigenvalue weighted by Crippen LogP contribution is 2.26. The van der Waals surface area contributed by atoms with E-state index in [1.54, 1.807) is 7.05 Å². The van der Waals surface area contributed by atoms with Gasteiger partial charge < -0.3 is 19.8 Å². The summed E-state index contributed by atoms with van der Waals surface area (Å²) in [6, 6.07) is 5.72. The van der Waals surface area contributed by atoms with E-state index in [-0.39, 0.29) is 18.6 Å². The van der Waals surface area contributed by atoms with Crippen molar-refractivity contribution in [1.29, 1.82) is 0 Å². The maximum atomic E-state index is 12.3. The van der Waals surface area contributed by atoms with Gasteiger partial charge in [0.15, 0.2) is 6.61 Å². The SMILES string of the molecule is CN(C(=O)COc1ccc2c(c1)CCCC2)[C@@H]1CC[C@@H](O)[C@@H]1O. The second-order valence-electron chi connectivity index (χ2n) is 6.63. The van der Waals surface area contributed by atoms with E-state index in [9.17, 15) is 15.0 Å². The molecular formula is C18H25NO4. The Morgan fingerprint density at radius 3 is 2.65 bits per heavy atom. The molecule has 2 aliphatic rings. The second kappa shape index (κ2) is 6.89. The fraction of sp³-hybridized carbons (Fsp3) is 0.611. The van der Waals surface area contributed by atoms with Crippen LogP contribution in [-0.2, 0) is 17.6 Å². The van der Waals surface area contributed by atoms with Gasteiger partial charge in [-0.25, -0.2) is 0 Å². The van der Waals surface area contributed by atoms with Crippen LogP contribution in [0.1, 0.15) is 36.8 Å². The molecule has 3 atom stereocenters. The van der Waals surface area contributed by atoms with Gasteiger partial charge >= 0.3 is 0 Å². The molecule has 1 fully saturated rings. The van der Waals surface area contributed by atoms with Gasteiger partial charge in [-0.15, -0.1) is 0 Å². The van der Waals surface area contributed by atoms with Crippen LogP contribution in [0, 0.1) is 0 Å². The molecule has 2 aliphatic carbocycles. The summed E-state index contributed by atoms with van der Waals surface area (Å²) in [6.07, 6.45) is 4.18. The van der Waals surface area contributed by atoms with Crippen LogP contribution in [0.15, 0.2) is 18.2 Å². The number of aryl methyl sites for hydroxylation is 2. The van der Waals surface area contributed by atoms with Gasteiger partial charge in [0.05, 0.1) is 12.1 Å². The van der Waals surface area contributed by atoms with Crippen LogP contribution in [0.25, 0.3) is 0 Å². The first-order valence-electron chi connectivity index (χ1n) is 8.42.